The maximum atomic E-state index is 12.0. The topological polar surface area (TPSA) is 42.0 Å². The number of nitrogens with one attached hydrogen (secondary N) is 1. The second kappa shape index (κ2) is 5.48. The lowest BCUT2D eigenvalue weighted by Gasteiger charge is -2.22. The molecular weight excluding hydrogens is 277 g/mol. The van der Waals surface area contributed by atoms with Gasteiger partial charge in [-0.3, -0.25) is 4.79 Å². The van der Waals surface area contributed by atoms with Crippen LogP contribution in [0.2, 0.25) is 0 Å². The van der Waals surface area contributed by atoms with Crippen molar-refractivity contribution in [2.24, 2.45) is 0 Å². The minimum Gasteiger partial charge on any atom is -0.348 e. The van der Waals surface area contributed by atoms with Crippen LogP contribution >= 0.6 is 11.3 Å². The fourth-order valence-corrected chi connectivity index (χ4v) is 3.24. The van der Waals surface area contributed by atoms with E-state index >= 15 is 0 Å². The Bertz CT molecular complexity index is 470. The van der Waals surface area contributed by atoms with Gasteiger partial charge >= 0.3 is 6.18 Å². The highest BCUT2D eigenvalue weighted by atomic mass is 32.1. The standard InChI is InChI=1S/C12H15F3N2OS/c1-7-16-11-8(3-2-4-9(11)19-7)17-10(18)5-6-12(13,14)15/h8H,2-6H2,1H3,(H,17,18)/t8-/m1/s1. The van der Waals surface area contributed by atoms with Gasteiger partial charge in [0.15, 0.2) is 0 Å². The minimum atomic E-state index is -4.29. The van der Waals surface area contributed by atoms with Crippen molar-refractivity contribution in [3.63, 3.8) is 0 Å². The average Bonchev–Trinajstić information content (AvgIpc) is 2.67. The van der Waals surface area contributed by atoms with Crippen molar-refractivity contribution in [1.29, 1.82) is 0 Å². The van der Waals surface area contributed by atoms with Gasteiger partial charge in [-0.25, -0.2) is 4.98 Å². The molecule has 0 radical (unpaired) electrons. The Kier molecular flexibility index (Phi) is 4.13. The summed E-state index contributed by atoms with van der Waals surface area (Å²) in [5.41, 5.74) is 0.842. The number of amides is 1. The monoisotopic (exact) mass is 292 g/mol. The lowest BCUT2D eigenvalue weighted by molar-refractivity contribution is -0.144. The van der Waals surface area contributed by atoms with Crippen LogP contribution in [0.15, 0.2) is 0 Å². The molecule has 1 aromatic heterocycles. The summed E-state index contributed by atoms with van der Waals surface area (Å²) in [5, 5.41) is 3.60. The summed E-state index contributed by atoms with van der Waals surface area (Å²) in [6, 6.07) is -0.227. The molecule has 0 bridgehead atoms. The number of rotatable bonds is 3. The third-order valence-corrected chi connectivity index (χ3v) is 4.08. The summed E-state index contributed by atoms with van der Waals surface area (Å²) in [4.78, 5) is 17.1. The Morgan fingerprint density at radius 2 is 2.26 bits per heavy atom. The van der Waals surface area contributed by atoms with E-state index in [-0.39, 0.29) is 6.04 Å². The summed E-state index contributed by atoms with van der Waals surface area (Å²) < 4.78 is 36.1. The van der Waals surface area contributed by atoms with Gasteiger partial charge in [0.25, 0.3) is 0 Å². The summed E-state index contributed by atoms with van der Waals surface area (Å²) >= 11 is 1.60. The number of carbonyl (C=O) groups excluding carboxylic acids is 1. The highest BCUT2D eigenvalue weighted by molar-refractivity contribution is 7.11. The third kappa shape index (κ3) is 3.92. The summed E-state index contributed by atoms with van der Waals surface area (Å²) in [6.45, 7) is 1.89. The van der Waals surface area contributed by atoms with Crippen molar-refractivity contribution >= 4 is 17.2 Å². The maximum Gasteiger partial charge on any atom is 0.389 e. The van der Waals surface area contributed by atoms with E-state index in [9.17, 15) is 18.0 Å². The molecule has 2 rings (SSSR count). The number of fused-ring (bicyclic) bond motifs is 1. The second-order valence-corrected chi connectivity index (χ2v) is 5.96. The van der Waals surface area contributed by atoms with E-state index in [0.29, 0.717) is 0 Å². The molecule has 1 amide bonds. The number of hydrogen-bond acceptors (Lipinski definition) is 3. The molecule has 1 aromatic rings. The summed E-state index contributed by atoms with van der Waals surface area (Å²) in [6.07, 6.45) is -3.26. The summed E-state index contributed by atoms with van der Waals surface area (Å²) in [5.74, 6) is -0.555. The smallest absolute Gasteiger partial charge is 0.348 e. The number of carbonyl (C=O) groups is 1. The third-order valence-electron chi connectivity index (χ3n) is 3.03. The van der Waals surface area contributed by atoms with Gasteiger partial charge in [0.1, 0.15) is 0 Å². The Labute approximate surface area is 113 Å². The fraction of sp³-hybridized carbons (Fsp3) is 0.667. The van der Waals surface area contributed by atoms with E-state index in [2.05, 4.69) is 10.3 Å². The minimum absolute atomic E-state index is 0.227. The first-order valence-corrected chi connectivity index (χ1v) is 6.99. The van der Waals surface area contributed by atoms with E-state index < -0.39 is 24.9 Å². The molecule has 0 aliphatic heterocycles. The van der Waals surface area contributed by atoms with Gasteiger partial charge < -0.3 is 5.32 Å². The Morgan fingerprint density at radius 3 is 2.95 bits per heavy atom. The molecule has 0 fully saturated rings. The van der Waals surface area contributed by atoms with Crippen molar-refractivity contribution in [3.05, 3.63) is 15.6 Å². The number of halogens is 3. The van der Waals surface area contributed by atoms with Crippen LogP contribution in [-0.2, 0) is 11.2 Å². The number of hydrogen-bond donors (Lipinski definition) is 1. The quantitative estimate of drug-likeness (QED) is 0.929. The molecule has 1 heterocycles. The van der Waals surface area contributed by atoms with Crippen LogP contribution in [0.5, 0.6) is 0 Å². The molecule has 1 aliphatic rings. The molecule has 3 nitrogen and oxygen atoms in total. The molecule has 0 saturated carbocycles. The van der Waals surface area contributed by atoms with Gasteiger partial charge in [-0.05, 0) is 26.2 Å². The predicted molar refractivity (Wildman–Crippen MR) is 66.0 cm³/mol. The van der Waals surface area contributed by atoms with Gasteiger partial charge in [-0.1, -0.05) is 0 Å². The maximum absolute atomic E-state index is 12.0. The van der Waals surface area contributed by atoms with Crippen LogP contribution in [0, 0.1) is 6.92 Å². The SMILES string of the molecule is Cc1nc2c(s1)CCC[C@H]2NC(=O)CCC(F)(F)F. The van der Waals surface area contributed by atoms with Gasteiger partial charge in [0.05, 0.1) is 23.2 Å². The van der Waals surface area contributed by atoms with Crippen LogP contribution in [0.4, 0.5) is 13.2 Å². The van der Waals surface area contributed by atoms with Crippen molar-refractivity contribution < 1.29 is 18.0 Å². The highest BCUT2D eigenvalue weighted by Crippen LogP contribution is 2.33. The fourth-order valence-electron chi connectivity index (χ4n) is 2.20. The predicted octanol–water partition coefficient (Wildman–Crippen LogP) is 3.29. The first kappa shape index (κ1) is 14.3. The average molecular weight is 292 g/mol. The van der Waals surface area contributed by atoms with Crippen LogP contribution in [0.3, 0.4) is 0 Å². The molecule has 1 N–H and O–H groups in total. The molecule has 0 unspecified atom stereocenters. The molecule has 0 saturated heterocycles. The Hall–Kier alpha value is -1.11. The Morgan fingerprint density at radius 1 is 1.53 bits per heavy atom. The molecule has 19 heavy (non-hydrogen) atoms. The van der Waals surface area contributed by atoms with Crippen LogP contribution < -0.4 is 5.32 Å². The number of thiazole rings is 1. The first-order valence-electron chi connectivity index (χ1n) is 6.17. The number of aryl methyl sites for hydroxylation is 2. The van der Waals surface area contributed by atoms with Crippen molar-refractivity contribution in [2.45, 2.75) is 51.2 Å². The van der Waals surface area contributed by atoms with Crippen molar-refractivity contribution in [3.8, 4) is 0 Å². The molecule has 7 heteroatoms. The van der Waals surface area contributed by atoms with Gasteiger partial charge in [0, 0.05) is 11.3 Å². The van der Waals surface area contributed by atoms with Crippen molar-refractivity contribution in [2.75, 3.05) is 0 Å². The van der Waals surface area contributed by atoms with E-state index in [1.807, 2.05) is 6.92 Å². The number of aromatic nitrogens is 1. The zero-order valence-corrected chi connectivity index (χ0v) is 11.3. The number of nitrogens with zero attached hydrogens (tertiary/aromatic N) is 1. The van der Waals surface area contributed by atoms with Gasteiger partial charge in [0.2, 0.25) is 5.91 Å². The molecule has 1 atom stereocenters. The van der Waals surface area contributed by atoms with E-state index in [0.717, 1.165) is 34.8 Å². The van der Waals surface area contributed by atoms with Gasteiger partial charge in [-0.2, -0.15) is 13.2 Å². The number of alkyl halides is 3. The molecule has 0 spiro atoms. The van der Waals surface area contributed by atoms with Crippen molar-refractivity contribution in [1.82, 2.24) is 10.3 Å². The highest BCUT2D eigenvalue weighted by Gasteiger charge is 2.30. The van der Waals surface area contributed by atoms with E-state index in [1.54, 1.807) is 11.3 Å². The first-order chi connectivity index (χ1) is 8.85. The summed E-state index contributed by atoms with van der Waals surface area (Å²) in [7, 11) is 0. The molecular formula is C12H15F3N2OS. The second-order valence-electron chi connectivity index (χ2n) is 4.67. The van der Waals surface area contributed by atoms with E-state index in [1.165, 1.54) is 0 Å². The Balaban J connectivity index is 1.95. The van der Waals surface area contributed by atoms with Gasteiger partial charge in [-0.15, -0.1) is 11.3 Å². The normalized spacial score (nSPS) is 19.1. The largest absolute Gasteiger partial charge is 0.389 e. The van der Waals surface area contributed by atoms with Crippen LogP contribution in [0.1, 0.15) is 47.3 Å². The lowest BCUT2D eigenvalue weighted by atomic mass is 9.97. The zero-order valence-electron chi connectivity index (χ0n) is 10.5. The van der Waals surface area contributed by atoms with Crippen LogP contribution in [0.25, 0.3) is 0 Å². The van der Waals surface area contributed by atoms with Crippen LogP contribution in [-0.4, -0.2) is 17.1 Å². The van der Waals surface area contributed by atoms with E-state index in [4.69, 9.17) is 0 Å². The molecule has 1 aliphatic carbocycles. The zero-order chi connectivity index (χ0) is 14.0. The molecule has 106 valence electrons. The molecule has 0 aromatic carbocycles. The lowest BCUT2D eigenvalue weighted by Crippen LogP contribution is -2.31.